The lowest BCUT2D eigenvalue weighted by Gasteiger charge is -2.39. The lowest BCUT2D eigenvalue weighted by Crippen LogP contribution is -2.58. The Morgan fingerprint density at radius 3 is 2.67 bits per heavy atom. The Labute approximate surface area is 193 Å². The van der Waals surface area contributed by atoms with E-state index in [4.69, 9.17) is 4.74 Å². The van der Waals surface area contributed by atoms with Crippen LogP contribution >= 0.6 is 0 Å². The molecule has 0 aliphatic carbocycles. The average Bonchev–Trinajstić information content (AvgIpc) is 3.33. The molecule has 0 saturated carbocycles. The van der Waals surface area contributed by atoms with Crippen molar-refractivity contribution in [2.45, 2.75) is 63.8 Å². The number of carboxylic acid groups (broad SMARTS) is 1. The first-order valence-corrected chi connectivity index (χ1v) is 11.4. The van der Waals surface area contributed by atoms with Gasteiger partial charge in [0, 0.05) is 12.2 Å². The van der Waals surface area contributed by atoms with Crippen molar-refractivity contribution >= 4 is 23.5 Å². The molecule has 1 aromatic rings. The van der Waals surface area contributed by atoms with Crippen molar-refractivity contribution in [3.8, 4) is 0 Å². The second-order valence-electron chi connectivity index (χ2n) is 9.87. The number of amides is 2. The van der Waals surface area contributed by atoms with Gasteiger partial charge in [0.05, 0.1) is 30.1 Å². The maximum absolute atomic E-state index is 14.3. The number of aryl methyl sites for hydroxylation is 2. The van der Waals surface area contributed by atoms with Crippen LogP contribution in [-0.2, 0) is 19.1 Å². The first-order valence-electron chi connectivity index (χ1n) is 11.4. The number of fused-ring (bicyclic) bond motifs is 1. The van der Waals surface area contributed by atoms with Crippen LogP contribution in [-0.4, -0.2) is 69.3 Å². The molecule has 3 saturated heterocycles. The van der Waals surface area contributed by atoms with Gasteiger partial charge in [0.2, 0.25) is 5.91 Å². The molecule has 178 valence electrons. The van der Waals surface area contributed by atoms with Gasteiger partial charge in [-0.1, -0.05) is 18.2 Å². The minimum absolute atomic E-state index is 0.218. The van der Waals surface area contributed by atoms with E-state index in [1.54, 1.807) is 24.8 Å². The molecule has 33 heavy (non-hydrogen) atoms. The molecule has 8 nitrogen and oxygen atoms in total. The van der Waals surface area contributed by atoms with Crippen LogP contribution in [0.3, 0.4) is 0 Å². The van der Waals surface area contributed by atoms with E-state index in [0.29, 0.717) is 18.5 Å². The third kappa shape index (κ3) is 3.22. The van der Waals surface area contributed by atoms with Crippen LogP contribution in [0.4, 0.5) is 5.69 Å². The van der Waals surface area contributed by atoms with Gasteiger partial charge in [0.1, 0.15) is 11.6 Å². The zero-order valence-corrected chi connectivity index (χ0v) is 19.6. The van der Waals surface area contributed by atoms with E-state index in [2.05, 4.69) is 6.58 Å². The highest BCUT2D eigenvalue weighted by molar-refractivity contribution is 6.05. The van der Waals surface area contributed by atoms with E-state index in [-0.39, 0.29) is 19.1 Å². The summed E-state index contributed by atoms with van der Waals surface area (Å²) in [6.45, 7) is 10.9. The van der Waals surface area contributed by atoms with Crippen molar-refractivity contribution in [3.05, 3.63) is 42.0 Å². The van der Waals surface area contributed by atoms with Gasteiger partial charge in [-0.25, -0.2) is 0 Å². The number of carboxylic acids is 1. The second-order valence-corrected chi connectivity index (χ2v) is 9.87. The maximum Gasteiger partial charge on any atom is 0.310 e. The zero-order valence-electron chi connectivity index (χ0n) is 19.6. The molecule has 4 rings (SSSR count). The van der Waals surface area contributed by atoms with Crippen LogP contribution < -0.4 is 4.90 Å². The predicted octanol–water partition coefficient (Wildman–Crippen LogP) is 2.05. The number of carbonyl (C=O) groups excluding carboxylic acids is 2. The topological polar surface area (TPSA) is 107 Å². The first-order chi connectivity index (χ1) is 15.5. The van der Waals surface area contributed by atoms with Crippen molar-refractivity contribution in [1.29, 1.82) is 0 Å². The molecule has 3 aliphatic heterocycles. The Kier molecular flexibility index (Phi) is 5.65. The number of rotatable bonds is 7. The lowest BCUT2D eigenvalue weighted by atomic mass is 9.66. The first kappa shape index (κ1) is 23.4. The molecule has 2 bridgehead atoms. The minimum atomic E-state index is -1.24. The fourth-order valence-electron chi connectivity index (χ4n) is 6.18. The van der Waals surface area contributed by atoms with Crippen LogP contribution in [0.25, 0.3) is 0 Å². The third-order valence-electron chi connectivity index (χ3n) is 7.69. The highest BCUT2D eigenvalue weighted by Gasteiger charge is 2.78. The molecular formula is C25H32N2O6. The van der Waals surface area contributed by atoms with Crippen LogP contribution in [0.1, 0.15) is 37.8 Å². The van der Waals surface area contributed by atoms with E-state index < -0.39 is 47.0 Å². The monoisotopic (exact) mass is 456 g/mol. The molecule has 1 aromatic carbocycles. The highest BCUT2D eigenvalue weighted by atomic mass is 16.5. The normalized spacial score (nSPS) is 33.2. The molecule has 2 N–H and O–H groups in total. The SMILES string of the molecule is C=CCN(C(=O)C1N([C@H](C)CO)C(=O)[C@@H]2[C@H](C(=O)O)[C@]3(C)CCC12O3)c1cc(C)ccc1C. The Hall–Kier alpha value is -2.71. The van der Waals surface area contributed by atoms with E-state index >= 15 is 0 Å². The summed E-state index contributed by atoms with van der Waals surface area (Å²) in [5, 5.41) is 19.9. The average molecular weight is 457 g/mol. The minimum Gasteiger partial charge on any atom is -0.481 e. The van der Waals surface area contributed by atoms with Crippen molar-refractivity contribution < 1.29 is 29.3 Å². The number of nitrogens with zero attached hydrogens (tertiary/aromatic N) is 2. The number of likely N-dealkylation sites (tertiary alicyclic amines) is 1. The summed E-state index contributed by atoms with van der Waals surface area (Å²) >= 11 is 0. The molecule has 2 amide bonds. The van der Waals surface area contributed by atoms with Gasteiger partial charge >= 0.3 is 5.97 Å². The van der Waals surface area contributed by atoms with Crippen molar-refractivity contribution in [2.75, 3.05) is 18.1 Å². The number of hydrogen-bond acceptors (Lipinski definition) is 5. The van der Waals surface area contributed by atoms with Gasteiger partial charge in [-0.3, -0.25) is 14.4 Å². The predicted molar refractivity (Wildman–Crippen MR) is 122 cm³/mol. The van der Waals surface area contributed by atoms with Gasteiger partial charge < -0.3 is 24.7 Å². The molecule has 3 heterocycles. The molecule has 0 radical (unpaired) electrons. The largest absolute Gasteiger partial charge is 0.481 e. The summed E-state index contributed by atoms with van der Waals surface area (Å²) < 4.78 is 6.39. The second kappa shape index (κ2) is 7.95. The Morgan fingerprint density at radius 1 is 1.36 bits per heavy atom. The number of aliphatic carboxylic acids is 1. The molecule has 2 unspecified atom stereocenters. The van der Waals surface area contributed by atoms with E-state index in [0.717, 1.165) is 11.1 Å². The zero-order chi connectivity index (χ0) is 24.3. The molecule has 3 fully saturated rings. The van der Waals surface area contributed by atoms with Crippen molar-refractivity contribution in [3.63, 3.8) is 0 Å². The number of carbonyl (C=O) groups is 3. The van der Waals surface area contributed by atoms with E-state index in [9.17, 15) is 24.6 Å². The summed E-state index contributed by atoms with van der Waals surface area (Å²) in [4.78, 5) is 43.1. The lowest BCUT2D eigenvalue weighted by molar-refractivity contribution is -0.155. The summed E-state index contributed by atoms with van der Waals surface area (Å²) in [7, 11) is 0. The number of aliphatic hydroxyl groups excluding tert-OH is 1. The third-order valence-corrected chi connectivity index (χ3v) is 7.69. The van der Waals surface area contributed by atoms with E-state index in [1.807, 2.05) is 32.0 Å². The number of hydrogen-bond donors (Lipinski definition) is 2. The number of benzene rings is 1. The molecule has 0 aromatic heterocycles. The fourth-order valence-corrected chi connectivity index (χ4v) is 6.18. The molecule has 1 spiro atoms. The molecular weight excluding hydrogens is 424 g/mol. The van der Waals surface area contributed by atoms with Crippen molar-refractivity contribution in [2.24, 2.45) is 11.8 Å². The van der Waals surface area contributed by atoms with Crippen LogP contribution in [0.5, 0.6) is 0 Å². The maximum atomic E-state index is 14.3. The van der Waals surface area contributed by atoms with Crippen LogP contribution in [0.15, 0.2) is 30.9 Å². The molecule has 8 heteroatoms. The number of anilines is 1. The summed E-state index contributed by atoms with van der Waals surface area (Å²) in [5.41, 5.74) is 0.322. The number of ether oxygens (including phenoxy) is 1. The summed E-state index contributed by atoms with van der Waals surface area (Å²) in [6, 6.07) is 4.10. The van der Waals surface area contributed by atoms with Gasteiger partial charge in [-0.05, 0) is 57.7 Å². The Balaban J connectivity index is 1.86. The van der Waals surface area contributed by atoms with E-state index in [1.165, 1.54) is 4.90 Å². The number of aliphatic hydroxyl groups is 1. The molecule has 6 atom stereocenters. The molecule has 3 aliphatic rings. The standard InChI is InChI=1S/C25H32N2O6/c1-6-11-26(17-12-14(2)7-8-15(17)3)22(30)20-25-10-9-24(5,33-25)19(23(31)32)18(25)21(29)27(20)16(4)13-28/h6-8,12,16,18-20,28H,1,9-11,13H2,2-5H3,(H,31,32)/t16-,18+,19-,20?,24+,25?/m1/s1. The van der Waals surface area contributed by atoms with Crippen LogP contribution in [0, 0.1) is 25.7 Å². The fraction of sp³-hybridized carbons (Fsp3) is 0.560. The summed E-state index contributed by atoms with van der Waals surface area (Å²) in [6.07, 6.45) is 2.48. The smallest absolute Gasteiger partial charge is 0.310 e. The van der Waals surface area contributed by atoms with Gasteiger partial charge in [-0.2, -0.15) is 0 Å². The quantitative estimate of drug-likeness (QED) is 0.608. The highest BCUT2D eigenvalue weighted by Crippen LogP contribution is 2.63. The van der Waals surface area contributed by atoms with Gasteiger partial charge in [0.15, 0.2) is 0 Å². The Morgan fingerprint density at radius 2 is 2.06 bits per heavy atom. The van der Waals surface area contributed by atoms with Crippen LogP contribution in [0.2, 0.25) is 0 Å². The van der Waals surface area contributed by atoms with Crippen molar-refractivity contribution in [1.82, 2.24) is 4.90 Å². The summed E-state index contributed by atoms with van der Waals surface area (Å²) in [5.74, 6) is -3.90. The van der Waals surface area contributed by atoms with Gasteiger partial charge in [0.25, 0.3) is 5.91 Å². The Bertz CT molecular complexity index is 1020. The van der Waals surface area contributed by atoms with Gasteiger partial charge in [-0.15, -0.1) is 6.58 Å².